The van der Waals surface area contributed by atoms with Crippen LogP contribution in [0.5, 0.6) is 11.5 Å². The van der Waals surface area contributed by atoms with Gasteiger partial charge in [0.25, 0.3) is 5.91 Å². The number of carbonyl (C=O) groups excluding carboxylic acids is 1. The second kappa shape index (κ2) is 10.3. The highest BCUT2D eigenvalue weighted by molar-refractivity contribution is 6.07. The lowest BCUT2D eigenvalue weighted by molar-refractivity contribution is 0.0953. The van der Waals surface area contributed by atoms with E-state index in [-0.39, 0.29) is 5.91 Å². The third kappa shape index (κ3) is 5.11. The average molecular weight is 435 g/mol. The summed E-state index contributed by atoms with van der Waals surface area (Å²) in [6, 6.07) is 15.0. The van der Waals surface area contributed by atoms with Gasteiger partial charge in [-0.3, -0.25) is 4.79 Å². The van der Waals surface area contributed by atoms with E-state index in [1.165, 1.54) is 25.9 Å². The van der Waals surface area contributed by atoms with Crippen molar-refractivity contribution in [2.75, 3.05) is 45.7 Å². The van der Waals surface area contributed by atoms with Gasteiger partial charge in [-0.15, -0.1) is 0 Å². The van der Waals surface area contributed by atoms with E-state index in [0.29, 0.717) is 29.4 Å². The summed E-state index contributed by atoms with van der Waals surface area (Å²) < 4.78 is 10.7. The first-order chi connectivity index (χ1) is 15.7. The van der Waals surface area contributed by atoms with E-state index in [1.54, 1.807) is 26.4 Å². The minimum atomic E-state index is -0.0882. The van der Waals surface area contributed by atoms with Gasteiger partial charge in [-0.05, 0) is 63.2 Å². The van der Waals surface area contributed by atoms with Gasteiger partial charge in [0.15, 0.2) is 0 Å². The fourth-order valence-electron chi connectivity index (χ4n) is 4.07. The van der Waals surface area contributed by atoms with Crippen LogP contribution in [-0.4, -0.2) is 56.2 Å². The Kier molecular flexibility index (Phi) is 7.07. The lowest BCUT2D eigenvalue weighted by atomic mass is 10.1. The molecule has 2 N–H and O–H groups in total. The van der Waals surface area contributed by atoms with Gasteiger partial charge >= 0.3 is 0 Å². The number of pyridine rings is 1. The van der Waals surface area contributed by atoms with Crippen molar-refractivity contribution in [3.05, 3.63) is 54.1 Å². The van der Waals surface area contributed by atoms with E-state index in [1.807, 2.05) is 36.4 Å². The molecule has 0 atom stereocenters. The van der Waals surface area contributed by atoms with Crippen molar-refractivity contribution >= 4 is 28.3 Å². The summed E-state index contributed by atoms with van der Waals surface area (Å²) in [7, 11) is 3.22. The first-order valence-corrected chi connectivity index (χ1v) is 11.1. The molecule has 7 heteroatoms. The van der Waals surface area contributed by atoms with Crippen molar-refractivity contribution in [1.29, 1.82) is 0 Å². The minimum absolute atomic E-state index is 0.0882. The molecule has 168 valence electrons. The molecule has 2 aromatic carbocycles. The number of carbonyl (C=O) groups is 1. The number of rotatable bonds is 9. The van der Waals surface area contributed by atoms with Crippen molar-refractivity contribution in [3.63, 3.8) is 0 Å². The van der Waals surface area contributed by atoms with E-state index >= 15 is 0 Å². The Bertz CT molecular complexity index is 1080. The van der Waals surface area contributed by atoms with Crippen molar-refractivity contribution in [1.82, 2.24) is 15.2 Å². The number of nitrogens with zero attached hydrogens (tertiary/aromatic N) is 2. The van der Waals surface area contributed by atoms with Crippen LogP contribution in [-0.2, 0) is 0 Å². The molecular weight excluding hydrogens is 404 g/mol. The standard InChI is InChI=1S/C25H30N4O3/c1-31-18-10-11-22(23(16-18)32-2)28-24-17-20(19-8-3-4-9-21(19)27-24)25(30)26-12-7-15-29-13-5-6-14-29/h3-4,8-11,16-17H,5-7,12-15H2,1-2H3,(H,26,30)(H,27,28). The smallest absolute Gasteiger partial charge is 0.252 e. The van der Waals surface area contributed by atoms with Gasteiger partial charge in [0.05, 0.1) is 31.0 Å². The Labute approximate surface area is 188 Å². The molecule has 0 saturated carbocycles. The fourth-order valence-corrected chi connectivity index (χ4v) is 4.07. The maximum atomic E-state index is 13.0. The molecule has 32 heavy (non-hydrogen) atoms. The lowest BCUT2D eigenvalue weighted by Gasteiger charge is -2.15. The maximum absolute atomic E-state index is 13.0. The zero-order chi connectivity index (χ0) is 22.3. The molecule has 0 spiro atoms. The third-order valence-corrected chi connectivity index (χ3v) is 5.77. The van der Waals surface area contributed by atoms with Crippen LogP contribution in [0.15, 0.2) is 48.5 Å². The molecule has 0 bridgehead atoms. The van der Waals surface area contributed by atoms with E-state index in [4.69, 9.17) is 14.5 Å². The zero-order valence-electron chi connectivity index (χ0n) is 18.7. The SMILES string of the molecule is COc1ccc(Nc2cc(C(=O)NCCCN3CCCC3)c3ccccc3n2)c(OC)c1. The van der Waals surface area contributed by atoms with Crippen LogP contribution in [0, 0.1) is 0 Å². The number of amides is 1. The largest absolute Gasteiger partial charge is 0.497 e. The summed E-state index contributed by atoms with van der Waals surface area (Å²) in [5, 5.41) is 7.20. The lowest BCUT2D eigenvalue weighted by Crippen LogP contribution is -2.28. The normalized spacial score (nSPS) is 13.8. The first-order valence-electron chi connectivity index (χ1n) is 11.1. The summed E-state index contributed by atoms with van der Waals surface area (Å²) >= 11 is 0. The van der Waals surface area contributed by atoms with Crippen molar-refractivity contribution in [2.24, 2.45) is 0 Å². The molecule has 1 aliphatic rings. The number of aromatic nitrogens is 1. The molecule has 1 aromatic heterocycles. The summed E-state index contributed by atoms with van der Waals surface area (Å²) in [5.74, 6) is 1.82. The molecule has 1 aliphatic heterocycles. The summed E-state index contributed by atoms with van der Waals surface area (Å²) in [4.78, 5) is 20.2. The quantitative estimate of drug-likeness (QED) is 0.492. The number of anilines is 2. The number of para-hydroxylation sites is 1. The molecule has 0 radical (unpaired) electrons. The Balaban J connectivity index is 1.52. The number of ether oxygens (including phenoxy) is 2. The number of benzene rings is 2. The fraction of sp³-hybridized carbons (Fsp3) is 0.360. The highest BCUT2D eigenvalue weighted by atomic mass is 16.5. The molecule has 3 aromatic rings. The summed E-state index contributed by atoms with van der Waals surface area (Å²) in [6.45, 7) is 4.03. The van der Waals surface area contributed by atoms with Crippen LogP contribution in [0.4, 0.5) is 11.5 Å². The zero-order valence-corrected chi connectivity index (χ0v) is 18.7. The average Bonchev–Trinajstić information content (AvgIpc) is 3.35. The second-order valence-electron chi connectivity index (χ2n) is 7.92. The van der Waals surface area contributed by atoms with Gasteiger partial charge in [-0.1, -0.05) is 18.2 Å². The van der Waals surface area contributed by atoms with Gasteiger partial charge in [0.2, 0.25) is 0 Å². The molecule has 7 nitrogen and oxygen atoms in total. The van der Waals surface area contributed by atoms with Crippen LogP contribution in [0.1, 0.15) is 29.6 Å². The Morgan fingerprint density at radius 1 is 1.06 bits per heavy atom. The van der Waals surface area contributed by atoms with Gasteiger partial charge in [-0.25, -0.2) is 4.98 Å². The monoisotopic (exact) mass is 434 g/mol. The van der Waals surface area contributed by atoms with Gasteiger partial charge in [-0.2, -0.15) is 0 Å². The predicted octanol–water partition coefficient (Wildman–Crippen LogP) is 4.21. The van der Waals surface area contributed by atoms with Gasteiger partial charge in [0.1, 0.15) is 17.3 Å². The van der Waals surface area contributed by atoms with Crippen LogP contribution in [0.2, 0.25) is 0 Å². The predicted molar refractivity (Wildman–Crippen MR) is 127 cm³/mol. The third-order valence-electron chi connectivity index (χ3n) is 5.77. The van der Waals surface area contributed by atoms with Crippen molar-refractivity contribution in [3.8, 4) is 11.5 Å². The van der Waals surface area contributed by atoms with E-state index < -0.39 is 0 Å². The van der Waals surface area contributed by atoms with Crippen LogP contribution >= 0.6 is 0 Å². The second-order valence-corrected chi connectivity index (χ2v) is 7.92. The van der Waals surface area contributed by atoms with Crippen LogP contribution in [0.25, 0.3) is 10.9 Å². The summed E-state index contributed by atoms with van der Waals surface area (Å²) in [6.07, 6.45) is 3.51. The van der Waals surface area contributed by atoms with Crippen molar-refractivity contribution < 1.29 is 14.3 Å². The Hall–Kier alpha value is -3.32. The van der Waals surface area contributed by atoms with E-state index in [0.717, 1.165) is 29.6 Å². The van der Waals surface area contributed by atoms with Crippen LogP contribution in [0.3, 0.4) is 0 Å². The molecule has 2 heterocycles. The molecule has 1 amide bonds. The van der Waals surface area contributed by atoms with E-state index in [9.17, 15) is 4.79 Å². The molecule has 0 unspecified atom stereocenters. The van der Waals surface area contributed by atoms with Crippen molar-refractivity contribution in [2.45, 2.75) is 19.3 Å². The number of fused-ring (bicyclic) bond motifs is 1. The Morgan fingerprint density at radius 3 is 2.66 bits per heavy atom. The highest BCUT2D eigenvalue weighted by Crippen LogP contribution is 2.32. The topological polar surface area (TPSA) is 75.7 Å². The first kappa shape index (κ1) is 21.9. The van der Waals surface area contributed by atoms with Crippen LogP contribution < -0.4 is 20.1 Å². The number of nitrogens with one attached hydrogen (secondary N) is 2. The number of likely N-dealkylation sites (tertiary alicyclic amines) is 1. The molecular formula is C25H30N4O3. The number of hydrogen-bond donors (Lipinski definition) is 2. The summed E-state index contributed by atoms with van der Waals surface area (Å²) in [5.41, 5.74) is 2.10. The maximum Gasteiger partial charge on any atom is 0.252 e. The van der Waals surface area contributed by atoms with Gasteiger partial charge in [0, 0.05) is 18.0 Å². The molecule has 1 saturated heterocycles. The molecule has 0 aliphatic carbocycles. The number of hydrogen-bond acceptors (Lipinski definition) is 6. The molecule has 4 rings (SSSR count). The highest BCUT2D eigenvalue weighted by Gasteiger charge is 2.15. The van der Waals surface area contributed by atoms with E-state index in [2.05, 4.69) is 15.5 Å². The molecule has 1 fully saturated rings. The number of methoxy groups -OCH3 is 2. The minimum Gasteiger partial charge on any atom is -0.497 e. The van der Waals surface area contributed by atoms with Gasteiger partial charge < -0.3 is 25.0 Å². The Morgan fingerprint density at radius 2 is 1.88 bits per heavy atom.